The maximum atomic E-state index is 10.6. The van der Waals surface area contributed by atoms with E-state index in [0.29, 0.717) is 0 Å². The molecule has 14 heavy (non-hydrogen) atoms. The molecule has 0 radical (unpaired) electrons. The fraction of sp³-hybridized carbons (Fsp3) is 0.111. The number of carboxylic acids is 1. The van der Waals surface area contributed by atoms with Crippen molar-refractivity contribution in [3.8, 4) is 5.75 Å². The number of esters is 1. The summed E-state index contributed by atoms with van der Waals surface area (Å²) in [6, 6.07) is 5.98. The second-order valence-corrected chi connectivity index (χ2v) is 2.39. The van der Waals surface area contributed by atoms with Crippen molar-refractivity contribution in [2.24, 2.45) is 0 Å². The molecule has 0 saturated carbocycles. The number of aromatic carboxylic acids is 1. The fourth-order valence-electron chi connectivity index (χ4n) is 0.887. The van der Waals surface area contributed by atoms with Crippen LogP contribution >= 0.6 is 0 Å². The van der Waals surface area contributed by atoms with E-state index >= 15 is 0 Å². The van der Waals surface area contributed by atoms with Gasteiger partial charge >= 0.3 is 29.3 Å². The van der Waals surface area contributed by atoms with Gasteiger partial charge in [0.1, 0.15) is 11.3 Å². The van der Waals surface area contributed by atoms with E-state index in [1.54, 1.807) is 12.1 Å². The number of hydrogen-bond acceptors (Lipinski definition) is 3. The van der Waals surface area contributed by atoms with E-state index in [2.05, 4.69) is 4.74 Å². The van der Waals surface area contributed by atoms with Crippen LogP contribution in [0.2, 0.25) is 0 Å². The SMILES string of the molecule is CC(=O)Oc1ccccc1C(=O)O.[Al+3]. The van der Waals surface area contributed by atoms with Crippen LogP contribution in [0, 0.1) is 0 Å². The molecule has 1 aromatic rings. The second-order valence-electron chi connectivity index (χ2n) is 2.39. The average molecular weight is 207 g/mol. The maximum Gasteiger partial charge on any atom is 3.00 e. The van der Waals surface area contributed by atoms with Crippen molar-refractivity contribution in [1.82, 2.24) is 0 Å². The molecule has 0 aliphatic heterocycles. The van der Waals surface area contributed by atoms with Gasteiger partial charge in [0, 0.05) is 6.92 Å². The zero-order valence-electron chi connectivity index (χ0n) is 7.56. The fourth-order valence-corrected chi connectivity index (χ4v) is 0.887. The van der Waals surface area contributed by atoms with E-state index in [9.17, 15) is 9.59 Å². The van der Waals surface area contributed by atoms with Gasteiger partial charge in [0.25, 0.3) is 0 Å². The standard InChI is InChI=1S/C9H8O4.Al/c1-6(10)13-8-5-3-2-4-7(8)9(11)12;/h2-5H,1H3,(H,11,12);/q;+3. The van der Waals surface area contributed by atoms with Crippen molar-refractivity contribution in [1.29, 1.82) is 0 Å². The largest absolute Gasteiger partial charge is 3.00 e. The average Bonchev–Trinajstić information content (AvgIpc) is 2.03. The number of carbonyl (C=O) groups is 2. The molecule has 0 bridgehead atoms. The number of rotatable bonds is 2. The molecule has 1 aromatic carbocycles. The third-order valence-corrected chi connectivity index (χ3v) is 1.37. The van der Waals surface area contributed by atoms with Crippen molar-refractivity contribution in [3.63, 3.8) is 0 Å². The summed E-state index contributed by atoms with van der Waals surface area (Å²) in [5, 5.41) is 8.69. The molecule has 0 fully saturated rings. The van der Waals surface area contributed by atoms with E-state index in [1.165, 1.54) is 19.1 Å². The zero-order valence-corrected chi connectivity index (χ0v) is 8.71. The molecular weight excluding hydrogens is 199 g/mol. The Morgan fingerprint density at radius 3 is 2.36 bits per heavy atom. The van der Waals surface area contributed by atoms with Crippen LogP contribution in [-0.4, -0.2) is 34.4 Å². The molecule has 0 aromatic heterocycles. The van der Waals surface area contributed by atoms with Gasteiger partial charge in [0.15, 0.2) is 0 Å². The topological polar surface area (TPSA) is 63.6 Å². The summed E-state index contributed by atoms with van der Waals surface area (Å²) in [6.45, 7) is 1.22. The molecular formula is C9H8AlO4+3. The summed E-state index contributed by atoms with van der Waals surface area (Å²) in [5.41, 5.74) is -0.0160. The van der Waals surface area contributed by atoms with Gasteiger partial charge in [-0.05, 0) is 12.1 Å². The maximum absolute atomic E-state index is 10.6. The van der Waals surface area contributed by atoms with Gasteiger partial charge in [-0.1, -0.05) is 12.1 Å². The Morgan fingerprint density at radius 2 is 1.86 bits per heavy atom. The number of carbonyl (C=O) groups excluding carboxylic acids is 1. The number of ether oxygens (including phenoxy) is 1. The van der Waals surface area contributed by atoms with Crippen LogP contribution in [-0.2, 0) is 4.79 Å². The third-order valence-electron chi connectivity index (χ3n) is 1.37. The third kappa shape index (κ3) is 3.21. The molecule has 0 aliphatic rings. The first kappa shape index (κ1) is 12.7. The summed E-state index contributed by atoms with van der Waals surface area (Å²) in [4.78, 5) is 21.2. The minimum atomic E-state index is -1.11. The summed E-state index contributed by atoms with van der Waals surface area (Å²) in [7, 11) is 0. The van der Waals surface area contributed by atoms with Gasteiger partial charge in [-0.3, -0.25) is 4.79 Å². The minimum Gasteiger partial charge on any atom is -0.478 e. The second kappa shape index (κ2) is 5.43. The van der Waals surface area contributed by atoms with E-state index in [0.717, 1.165) is 0 Å². The molecule has 5 heteroatoms. The number of para-hydroxylation sites is 1. The van der Waals surface area contributed by atoms with Gasteiger partial charge in [-0.25, -0.2) is 4.79 Å². The first-order chi connectivity index (χ1) is 6.11. The van der Waals surface area contributed by atoms with Crippen LogP contribution in [0.25, 0.3) is 0 Å². The molecule has 0 spiro atoms. The smallest absolute Gasteiger partial charge is 0.478 e. The molecule has 0 atom stereocenters. The van der Waals surface area contributed by atoms with Crippen molar-refractivity contribution in [2.45, 2.75) is 6.92 Å². The first-order valence-electron chi connectivity index (χ1n) is 3.62. The van der Waals surface area contributed by atoms with E-state index in [1.807, 2.05) is 0 Å². The molecule has 1 N–H and O–H groups in total. The Labute approximate surface area is 91.6 Å². The van der Waals surface area contributed by atoms with Crippen LogP contribution in [0.3, 0.4) is 0 Å². The Balaban J connectivity index is 0.00000169. The van der Waals surface area contributed by atoms with Crippen LogP contribution in [0.5, 0.6) is 5.75 Å². The van der Waals surface area contributed by atoms with E-state index in [4.69, 9.17) is 5.11 Å². The van der Waals surface area contributed by atoms with E-state index in [-0.39, 0.29) is 28.7 Å². The van der Waals surface area contributed by atoms with Gasteiger partial charge in [-0.15, -0.1) is 0 Å². The van der Waals surface area contributed by atoms with Gasteiger partial charge < -0.3 is 9.84 Å². The summed E-state index contributed by atoms with van der Waals surface area (Å²) < 4.78 is 4.69. The molecule has 0 aliphatic carbocycles. The minimum absolute atomic E-state index is 0. The normalized spacial score (nSPS) is 8.64. The summed E-state index contributed by atoms with van der Waals surface area (Å²) >= 11 is 0. The monoisotopic (exact) mass is 207 g/mol. The Morgan fingerprint density at radius 1 is 1.29 bits per heavy atom. The van der Waals surface area contributed by atoms with Crippen molar-refractivity contribution in [2.75, 3.05) is 0 Å². The Bertz CT molecular complexity index is 348. The van der Waals surface area contributed by atoms with E-state index < -0.39 is 11.9 Å². The van der Waals surface area contributed by atoms with Gasteiger partial charge in [-0.2, -0.15) is 0 Å². The number of hydrogen-bond donors (Lipinski definition) is 1. The van der Waals surface area contributed by atoms with Crippen molar-refractivity contribution < 1.29 is 19.4 Å². The zero-order chi connectivity index (χ0) is 9.84. The molecule has 0 unspecified atom stereocenters. The van der Waals surface area contributed by atoms with Gasteiger partial charge in [0.05, 0.1) is 0 Å². The predicted molar refractivity (Wildman–Crippen MR) is 50.5 cm³/mol. The quantitative estimate of drug-likeness (QED) is 0.445. The molecule has 1 rings (SSSR count). The molecule has 0 heterocycles. The van der Waals surface area contributed by atoms with Crippen LogP contribution in [0.15, 0.2) is 24.3 Å². The molecule has 0 amide bonds. The first-order valence-corrected chi connectivity index (χ1v) is 3.62. The molecule has 0 saturated heterocycles. The number of benzene rings is 1. The number of carboxylic acid groups (broad SMARTS) is 1. The summed E-state index contributed by atoms with van der Waals surface area (Å²) in [5.74, 6) is -1.58. The van der Waals surface area contributed by atoms with Crippen molar-refractivity contribution >= 4 is 29.3 Å². The molecule has 4 nitrogen and oxygen atoms in total. The van der Waals surface area contributed by atoms with Crippen LogP contribution in [0.1, 0.15) is 17.3 Å². The van der Waals surface area contributed by atoms with Crippen LogP contribution in [0.4, 0.5) is 0 Å². The molecule has 68 valence electrons. The summed E-state index contributed by atoms with van der Waals surface area (Å²) in [6.07, 6.45) is 0. The Kier molecular flexibility index (Phi) is 4.92. The Hall–Kier alpha value is -1.31. The van der Waals surface area contributed by atoms with Crippen LogP contribution < -0.4 is 4.74 Å². The van der Waals surface area contributed by atoms with Crippen molar-refractivity contribution in [3.05, 3.63) is 29.8 Å². The predicted octanol–water partition coefficient (Wildman–Crippen LogP) is 0.929. The van der Waals surface area contributed by atoms with Gasteiger partial charge in [0.2, 0.25) is 0 Å².